The van der Waals surface area contributed by atoms with Crippen molar-refractivity contribution in [1.82, 2.24) is 9.29 Å². The van der Waals surface area contributed by atoms with E-state index in [9.17, 15) is 23.1 Å². The third-order valence-corrected chi connectivity index (χ3v) is 6.72. The Labute approximate surface area is 180 Å². The number of aryl methyl sites for hydroxylation is 1. The molecule has 3 rings (SSSR count). The summed E-state index contributed by atoms with van der Waals surface area (Å²) in [4.78, 5) is 27.1. The highest BCUT2D eigenvalue weighted by atomic mass is 32.2. The van der Waals surface area contributed by atoms with Crippen LogP contribution in [0.2, 0.25) is 0 Å². The fourth-order valence-corrected chi connectivity index (χ4v) is 4.75. The Hall–Kier alpha value is -3.01. The molecule has 0 saturated heterocycles. The number of ether oxygens (including phenoxy) is 1. The number of esters is 1. The van der Waals surface area contributed by atoms with Gasteiger partial charge in [0.2, 0.25) is 10.0 Å². The van der Waals surface area contributed by atoms with Gasteiger partial charge in [-0.15, -0.1) is 0 Å². The predicted octanol–water partition coefficient (Wildman–Crippen LogP) is 2.20. The molecular formula is C22H24N2O6S. The highest BCUT2D eigenvalue weighted by Gasteiger charge is 2.26. The summed E-state index contributed by atoms with van der Waals surface area (Å²) < 4.78 is 32.4. The molecule has 0 saturated carbocycles. The molecule has 0 aliphatic heterocycles. The van der Waals surface area contributed by atoms with Gasteiger partial charge in [-0.2, -0.15) is 4.31 Å². The first-order valence-corrected chi connectivity index (χ1v) is 11.1. The summed E-state index contributed by atoms with van der Waals surface area (Å²) in [5.41, 5.74) is 1.66. The van der Waals surface area contributed by atoms with Gasteiger partial charge < -0.3 is 14.8 Å². The molecule has 0 bridgehead atoms. The van der Waals surface area contributed by atoms with Gasteiger partial charge >= 0.3 is 5.97 Å². The standard InChI is InChI=1S/C22H24N2O6S/c1-15-7-8-16-12-18(21(26)23-20(16)11-15)14-24(9-4-10-25)31(28,29)19-6-3-5-17(13-19)22(27)30-2/h3,5-8,11-13,25H,4,9-10,14H2,1-2H3,(H,23,26). The first kappa shape index (κ1) is 22.7. The number of hydrogen-bond acceptors (Lipinski definition) is 6. The van der Waals surface area contributed by atoms with Crippen molar-refractivity contribution >= 4 is 26.9 Å². The van der Waals surface area contributed by atoms with Crippen molar-refractivity contribution in [3.05, 3.63) is 75.6 Å². The quantitative estimate of drug-likeness (QED) is 0.515. The van der Waals surface area contributed by atoms with E-state index in [0.29, 0.717) is 5.52 Å². The first-order chi connectivity index (χ1) is 14.8. The number of nitrogens with zero attached hydrogens (tertiary/aromatic N) is 1. The van der Waals surface area contributed by atoms with Crippen LogP contribution < -0.4 is 5.56 Å². The predicted molar refractivity (Wildman–Crippen MR) is 116 cm³/mol. The number of carbonyl (C=O) groups is 1. The van der Waals surface area contributed by atoms with Crippen LogP contribution in [0.25, 0.3) is 10.9 Å². The van der Waals surface area contributed by atoms with Crippen molar-refractivity contribution in [3.8, 4) is 0 Å². The van der Waals surface area contributed by atoms with Crippen LogP contribution in [0, 0.1) is 6.92 Å². The lowest BCUT2D eigenvalue weighted by molar-refractivity contribution is 0.0600. The second-order valence-electron chi connectivity index (χ2n) is 7.15. The highest BCUT2D eigenvalue weighted by Crippen LogP contribution is 2.21. The number of methoxy groups -OCH3 is 1. The third kappa shape index (κ3) is 5.01. The second kappa shape index (κ2) is 9.42. The van der Waals surface area contributed by atoms with E-state index in [1.165, 1.54) is 31.4 Å². The average molecular weight is 445 g/mol. The third-order valence-electron chi connectivity index (χ3n) is 4.88. The highest BCUT2D eigenvalue weighted by molar-refractivity contribution is 7.89. The number of benzene rings is 2. The zero-order valence-electron chi connectivity index (χ0n) is 17.3. The van der Waals surface area contributed by atoms with Crippen molar-refractivity contribution in [1.29, 1.82) is 0 Å². The number of carbonyl (C=O) groups excluding carboxylic acids is 1. The number of aromatic amines is 1. The molecule has 0 unspecified atom stereocenters. The minimum atomic E-state index is -4.05. The van der Waals surface area contributed by atoms with E-state index in [-0.39, 0.29) is 47.7 Å². The fraction of sp³-hybridized carbons (Fsp3) is 0.273. The number of aromatic nitrogens is 1. The number of rotatable bonds is 8. The lowest BCUT2D eigenvalue weighted by Crippen LogP contribution is -2.34. The van der Waals surface area contributed by atoms with Crippen molar-refractivity contribution in [2.75, 3.05) is 20.3 Å². The van der Waals surface area contributed by atoms with Crippen molar-refractivity contribution in [3.63, 3.8) is 0 Å². The number of sulfonamides is 1. The summed E-state index contributed by atoms with van der Waals surface area (Å²) in [5, 5.41) is 10.0. The normalized spacial score (nSPS) is 11.7. The van der Waals surface area contributed by atoms with Crippen LogP contribution in [-0.4, -0.2) is 49.0 Å². The SMILES string of the molecule is COC(=O)c1cccc(S(=O)(=O)N(CCCO)Cc2cc3ccc(C)cc3[nH]c2=O)c1. The van der Waals surface area contributed by atoms with Gasteiger partial charge in [0, 0.05) is 30.8 Å². The summed E-state index contributed by atoms with van der Waals surface area (Å²) in [6, 6.07) is 12.8. The lowest BCUT2D eigenvalue weighted by atomic mass is 10.1. The van der Waals surface area contributed by atoms with Gasteiger partial charge in [-0.05, 0) is 54.6 Å². The summed E-state index contributed by atoms with van der Waals surface area (Å²) in [7, 11) is -2.84. The molecule has 2 aromatic carbocycles. The van der Waals surface area contributed by atoms with E-state index >= 15 is 0 Å². The summed E-state index contributed by atoms with van der Waals surface area (Å²) in [6.45, 7) is 1.54. The maximum Gasteiger partial charge on any atom is 0.337 e. The van der Waals surface area contributed by atoms with E-state index in [0.717, 1.165) is 15.3 Å². The van der Waals surface area contributed by atoms with E-state index in [1.807, 2.05) is 25.1 Å². The molecule has 164 valence electrons. The Balaban J connectivity index is 2.01. The van der Waals surface area contributed by atoms with Crippen LogP contribution in [0.4, 0.5) is 0 Å². The minimum absolute atomic E-state index is 0.00661. The molecule has 0 aliphatic carbocycles. The number of hydrogen-bond donors (Lipinski definition) is 2. The lowest BCUT2D eigenvalue weighted by Gasteiger charge is -2.22. The van der Waals surface area contributed by atoms with Crippen LogP contribution in [0.5, 0.6) is 0 Å². The molecule has 31 heavy (non-hydrogen) atoms. The van der Waals surface area contributed by atoms with Crippen LogP contribution >= 0.6 is 0 Å². The Bertz CT molecular complexity index is 1270. The van der Waals surface area contributed by atoms with Gasteiger partial charge in [0.1, 0.15) is 0 Å². The molecule has 3 aromatic rings. The van der Waals surface area contributed by atoms with Crippen LogP contribution in [0.1, 0.15) is 27.9 Å². The van der Waals surface area contributed by atoms with E-state index in [2.05, 4.69) is 9.72 Å². The number of fused-ring (bicyclic) bond motifs is 1. The molecule has 0 atom stereocenters. The summed E-state index contributed by atoms with van der Waals surface area (Å²) >= 11 is 0. The van der Waals surface area contributed by atoms with Gasteiger partial charge in [-0.3, -0.25) is 4.79 Å². The van der Waals surface area contributed by atoms with Gasteiger partial charge in [0.05, 0.1) is 17.6 Å². The largest absolute Gasteiger partial charge is 0.465 e. The van der Waals surface area contributed by atoms with E-state index < -0.39 is 16.0 Å². The number of pyridine rings is 1. The molecule has 8 nitrogen and oxygen atoms in total. The topological polar surface area (TPSA) is 117 Å². The van der Waals surface area contributed by atoms with Crippen molar-refractivity contribution in [2.24, 2.45) is 0 Å². The van der Waals surface area contributed by atoms with Gasteiger partial charge in [0.25, 0.3) is 5.56 Å². The number of H-pyrrole nitrogens is 1. The Morgan fingerprint density at radius 2 is 1.94 bits per heavy atom. The van der Waals surface area contributed by atoms with Crippen molar-refractivity contribution in [2.45, 2.75) is 24.8 Å². The fourth-order valence-electron chi connectivity index (χ4n) is 3.25. The average Bonchev–Trinajstić information content (AvgIpc) is 2.76. The second-order valence-corrected chi connectivity index (χ2v) is 9.09. The van der Waals surface area contributed by atoms with Crippen molar-refractivity contribution < 1.29 is 23.1 Å². The molecule has 2 N–H and O–H groups in total. The Kier molecular flexibility index (Phi) is 6.89. The van der Waals surface area contributed by atoms with Crippen LogP contribution in [-0.2, 0) is 21.3 Å². The molecule has 0 spiro atoms. The number of aliphatic hydroxyl groups excluding tert-OH is 1. The minimum Gasteiger partial charge on any atom is -0.465 e. The molecule has 0 aliphatic rings. The molecule has 0 fully saturated rings. The number of aliphatic hydroxyl groups is 1. The van der Waals surface area contributed by atoms with Gasteiger partial charge in [-0.1, -0.05) is 18.2 Å². The van der Waals surface area contributed by atoms with Gasteiger partial charge in [0.15, 0.2) is 0 Å². The molecule has 9 heteroatoms. The zero-order valence-corrected chi connectivity index (χ0v) is 18.1. The maximum atomic E-state index is 13.3. The van der Waals surface area contributed by atoms with Gasteiger partial charge in [-0.25, -0.2) is 13.2 Å². The first-order valence-electron chi connectivity index (χ1n) is 9.68. The summed E-state index contributed by atoms with van der Waals surface area (Å²) in [6.07, 6.45) is 0.195. The monoisotopic (exact) mass is 444 g/mol. The molecule has 1 heterocycles. The maximum absolute atomic E-state index is 13.3. The smallest absolute Gasteiger partial charge is 0.337 e. The van der Waals surface area contributed by atoms with E-state index in [4.69, 9.17) is 0 Å². The molecule has 0 amide bonds. The summed E-state index contributed by atoms with van der Waals surface area (Å²) in [5.74, 6) is -0.653. The van der Waals surface area contributed by atoms with E-state index in [1.54, 1.807) is 6.07 Å². The Morgan fingerprint density at radius 1 is 1.16 bits per heavy atom. The molecular weight excluding hydrogens is 420 g/mol. The zero-order chi connectivity index (χ0) is 22.6. The number of nitrogens with one attached hydrogen (secondary N) is 1. The molecule has 0 radical (unpaired) electrons. The van der Waals surface area contributed by atoms with Crippen LogP contribution in [0.3, 0.4) is 0 Å². The Morgan fingerprint density at radius 3 is 2.65 bits per heavy atom. The van der Waals surface area contributed by atoms with Crippen LogP contribution in [0.15, 0.2) is 58.2 Å². The molecule has 1 aromatic heterocycles.